The Labute approximate surface area is 141 Å². The molecule has 1 aliphatic rings. The van der Waals surface area contributed by atoms with Gasteiger partial charge in [0, 0.05) is 24.6 Å². The Bertz CT molecular complexity index is 682. The third-order valence-corrected chi connectivity index (χ3v) is 4.07. The van der Waals surface area contributed by atoms with Gasteiger partial charge in [-0.3, -0.25) is 4.79 Å². The van der Waals surface area contributed by atoms with Crippen LogP contribution in [0.15, 0.2) is 34.9 Å². The number of ether oxygens (including phenoxy) is 1. The van der Waals surface area contributed by atoms with E-state index in [1.807, 2.05) is 44.4 Å². The Hall–Kier alpha value is -2.34. The van der Waals surface area contributed by atoms with E-state index in [0.29, 0.717) is 5.75 Å². The molecule has 3 rings (SSSR count). The lowest BCUT2D eigenvalue weighted by Crippen LogP contribution is -2.41. The first-order valence-electron chi connectivity index (χ1n) is 8.20. The second-order valence-corrected chi connectivity index (χ2v) is 6.38. The second kappa shape index (κ2) is 7.49. The highest BCUT2D eigenvalue weighted by Crippen LogP contribution is 2.25. The molecule has 6 heteroatoms. The number of rotatable bonds is 6. The van der Waals surface area contributed by atoms with Crippen LogP contribution in [-0.2, 0) is 24.2 Å². The average Bonchev–Trinajstić information content (AvgIpc) is 2.96. The van der Waals surface area contributed by atoms with E-state index in [1.165, 1.54) is 0 Å². The zero-order chi connectivity index (χ0) is 16.9. The van der Waals surface area contributed by atoms with Crippen LogP contribution in [0.1, 0.15) is 23.4 Å². The van der Waals surface area contributed by atoms with Crippen molar-refractivity contribution in [2.24, 2.45) is 0 Å². The third-order valence-electron chi connectivity index (χ3n) is 4.07. The summed E-state index contributed by atoms with van der Waals surface area (Å²) in [6.45, 7) is 0.776. The molecule has 24 heavy (non-hydrogen) atoms. The number of nitrogens with zero attached hydrogens (tertiary/aromatic N) is 2. The maximum absolute atomic E-state index is 12.1. The second-order valence-electron chi connectivity index (χ2n) is 6.38. The fourth-order valence-electron chi connectivity index (χ4n) is 2.95. The molecule has 2 aromatic rings. The standard InChI is InChI=1S/C18H23N3O3/c1-21(2)11-16-15-10-13(8-9-17(15)24-20-16)19-18(22)12-23-14-6-4-3-5-7-14/h3-7,13H,8-12H2,1-2H3,(H,19,22). The molecule has 0 radical (unpaired) electrons. The largest absolute Gasteiger partial charge is 0.484 e. The first-order valence-corrected chi connectivity index (χ1v) is 8.20. The van der Waals surface area contributed by atoms with Crippen molar-refractivity contribution in [2.45, 2.75) is 31.8 Å². The molecule has 1 heterocycles. The lowest BCUT2D eigenvalue weighted by atomic mass is 9.92. The van der Waals surface area contributed by atoms with Gasteiger partial charge in [0.05, 0.1) is 0 Å². The minimum Gasteiger partial charge on any atom is -0.484 e. The summed E-state index contributed by atoms with van der Waals surface area (Å²) in [4.78, 5) is 14.2. The number of carbonyl (C=O) groups is 1. The van der Waals surface area contributed by atoms with E-state index in [2.05, 4.69) is 15.4 Å². The number of benzene rings is 1. The van der Waals surface area contributed by atoms with Gasteiger partial charge < -0.3 is 19.5 Å². The molecule has 1 aromatic carbocycles. The van der Waals surface area contributed by atoms with Crippen molar-refractivity contribution >= 4 is 5.91 Å². The minimum atomic E-state index is -0.0992. The highest BCUT2D eigenvalue weighted by Gasteiger charge is 2.26. The number of fused-ring (bicyclic) bond motifs is 1. The third kappa shape index (κ3) is 4.14. The van der Waals surface area contributed by atoms with Gasteiger partial charge in [-0.05, 0) is 39.1 Å². The molecule has 0 saturated carbocycles. The predicted molar refractivity (Wildman–Crippen MR) is 89.8 cm³/mol. The Morgan fingerprint density at radius 3 is 2.92 bits per heavy atom. The van der Waals surface area contributed by atoms with Crippen LogP contribution < -0.4 is 10.1 Å². The van der Waals surface area contributed by atoms with Crippen molar-refractivity contribution in [3.05, 3.63) is 47.3 Å². The molecular formula is C18H23N3O3. The van der Waals surface area contributed by atoms with Crippen LogP contribution in [0.4, 0.5) is 0 Å². The van der Waals surface area contributed by atoms with E-state index < -0.39 is 0 Å². The molecule has 1 N–H and O–H groups in total. The number of nitrogens with one attached hydrogen (secondary N) is 1. The van der Waals surface area contributed by atoms with Gasteiger partial charge in [-0.15, -0.1) is 0 Å². The summed E-state index contributed by atoms with van der Waals surface area (Å²) in [6.07, 6.45) is 2.43. The fraction of sp³-hybridized carbons (Fsp3) is 0.444. The fourth-order valence-corrected chi connectivity index (χ4v) is 2.95. The van der Waals surface area contributed by atoms with Gasteiger partial charge in [0.25, 0.3) is 5.91 Å². The molecule has 1 aromatic heterocycles. The smallest absolute Gasteiger partial charge is 0.258 e. The maximum Gasteiger partial charge on any atom is 0.258 e. The van der Waals surface area contributed by atoms with E-state index in [1.54, 1.807) is 0 Å². The first-order chi connectivity index (χ1) is 11.6. The van der Waals surface area contributed by atoms with Crippen LogP contribution in [0.2, 0.25) is 0 Å². The van der Waals surface area contributed by atoms with E-state index in [9.17, 15) is 4.79 Å². The van der Waals surface area contributed by atoms with Crippen LogP contribution in [0.5, 0.6) is 5.75 Å². The lowest BCUT2D eigenvalue weighted by molar-refractivity contribution is -0.123. The van der Waals surface area contributed by atoms with Crippen LogP contribution in [0, 0.1) is 0 Å². The lowest BCUT2D eigenvalue weighted by Gasteiger charge is -2.23. The molecular weight excluding hydrogens is 306 g/mol. The zero-order valence-corrected chi connectivity index (χ0v) is 14.1. The average molecular weight is 329 g/mol. The Morgan fingerprint density at radius 2 is 2.17 bits per heavy atom. The molecule has 0 fully saturated rings. The minimum absolute atomic E-state index is 0.0293. The molecule has 1 atom stereocenters. The quantitative estimate of drug-likeness (QED) is 0.875. The molecule has 0 bridgehead atoms. The number of hydrogen-bond donors (Lipinski definition) is 1. The topological polar surface area (TPSA) is 67.6 Å². The van der Waals surface area contributed by atoms with E-state index in [4.69, 9.17) is 9.26 Å². The van der Waals surface area contributed by atoms with E-state index in [0.717, 1.165) is 42.8 Å². The molecule has 128 valence electrons. The SMILES string of the molecule is CN(C)Cc1noc2c1CC(NC(=O)COc1ccccc1)CC2. The summed E-state index contributed by atoms with van der Waals surface area (Å²) in [5, 5.41) is 7.23. The van der Waals surface area contributed by atoms with Crippen LogP contribution in [0.3, 0.4) is 0 Å². The summed E-state index contributed by atoms with van der Waals surface area (Å²) in [6, 6.07) is 9.46. The van der Waals surface area contributed by atoms with Gasteiger partial charge in [-0.25, -0.2) is 0 Å². The summed E-state index contributed by atoms with van der Waals surface area (Å²) < 4.78 is 10.9. The molecule has 6 nitrogen and oxygen atoms in total. The van der Waals surface area contributed by atoms with Gasteiger partial charge in [0.15, 0.2) is 6.61 Å². The number of aryl methyl sites for hydroxylation is 1. The summed E-state index contributed by atoms with van der Waals surface area (Å²) >= 11 is 0. The van der Waals surface area contributed by atoms with Gasteiger partial charge in [0.2, 0.25) is 0 Å². The zero-order valence-electron chi connectivity index (χ0n) is 14.1. The van der Waals surface area contributed by atoms with Gasteiger partial charge >= 0.3 is 0 Å². The highest BCUT2D eigenvalue weighted by molar-refractivity contribution is 5.77. The Morgan fingerprint density at radius 1 is 1.38 bits per heavy atom. The number of carbonyl (C=O) groups excluding carboxylic acids is 1. The normalized spacial score (nSPS) is 16.7. The number of hydrogen-bond acceptors (Lipinski definition) is 5. The summed E-state index contributed by atoms with van der Waals surface area (Å²) in [5.41, 5.74) is 2.11. The van der Waals surface area contributed by atoms with Gasteiger partial charge in [-0.1, -0.05) is 23.4 Å². The van der Waals surface area contributed by atoms with Crippen LogP contribution in [-0.4, -0.2) is 42.7 Å². The summed E-state index contributed by atoms with van der Waals surface area (Å²) in [7, 11) is 4.01. The molecule has 1 aliphatic carbocycles. The van der Waals surface area contributed by atoms with Gasteiger partial charge in [0.1, 0.15) is 17.2 Å². The van der Waals surface area contributed by atoms with Gasteiger partial charge in [-0.2, -0.15) is 0 Å². The molecule has 1 unspecified atom stereocenters. The highest BCUT2D eigenvalue weighted by atomic mass is 16.5. The van der Waals surface area contributed by atoms with Crippen molar-refractivity contribution in [3.8, 4) is 5.75 Å². The van der Waals surface area contributed by atoms with Crippen molar-refractivity contribution in [3.63, 3.8) is 0 Å². The van der Waals surface area contributed by atoms with Crippen molar-refractivity contribution < 1.29 is 14.1 Å². The molecule has 0 saturated heterocycles. The maximum atomic E-state index is 12.1. The summed E-state index contributed by atoms with van der Waals surface area (Å²) in [5.74, 6) is 1.56. The Balaban J connectivity index is 1.53. The predicted octanol–water partition coefficient (Wildman–Crippen LogP) is 1.79. The Kier molecular flexibility index (Phi) is 5.15. The van der Waals surface area contributed by atoms with Crippen molar-refractivity contribution in [2.75, 3.05) is 20.7 Å². The van der Waals surface area contributed by atoms with Crippen molar-refractivity contribution in [1.29, 1.82) is 0 Å². The number of amides is 1. The monoisotopic (exact) mass is 329 g/mol. The van der Waals surface area contributed by atoms with E-state index >= 15 is 0 Å². The molecule has 0 spiro atoms. The number of aromatic nitrogens is 1. The van der Waals surface area contributed by atoms with Crippen LogP contribution in [0.25, 0.3) is 0 Å². The number of para-hydroxylation sites is 1. The van der Waals surface area contributed by atoms with Crippen LogP contribution >= 0.6 is 0 Å². The molecule has 1 amide bonds. The molecule has 0 aliphatic heterocycles. The van der Waals surface area contributed by atoms with Crippen molar-refractivity contribution in [1.82, 2.24) is 15.4 Å². The van der Waals surface area contributed by atoms with E-state index in [-0.39, 0.29) is 18.6 Å². The first kappa shape index (κ1) is 16.5.